The smallest absolute Gasteiger partial charge is 0.164 e. The van der Waals surface area contributed by atoms with E-state index in [1.54, 1.807) is 0 Å². The first kappa shape index (κ1) is 38.9. The van der Waals surface area contributed by atoms with Crippen LogP contribution in [0.2, 0.25) is 0 Å². The van der Waals surface area contributed by atoms with E-state index in [4.69, 9.17) is 29.9 Å². The first-order chi connectivity index (χ1) is 35.2. The van der Waals surface area contributed by atoms with Gasteiger partial charge >= 0.3 is 0 Å². The average molecular weight is 921 g/mol. The highest BCUT2D eigenvalue weighted by atomic mass is 32.1. The summed E-state index contributed by atoms with van der Waals surface area (Å²) in [6.07, 6.45) is 0. The molecular formula is C64H36N6S. The average Bonchev–Trinajstić information content (AvgIpc) is 4.07. The summed E-state index contributed by atoms with van der Waals surface area (Å²) in [5.74, 6) is 3.87. The highest BCUT2D eigenvalue weighted by Crippen LogP contribution is 2.75. The quantitative estimate of drug-likeness (QED) is 0.165. The van der Waals surface area contributed by atoms with E-state index in [9.17, 15) is 0 Å². The predicted molar refractivity (Wildman–Crippen MR) is 286 cm³/mol. The van der Waals surface area contributed by atoms with Crippen molar-refractivity contribution in [1.82, 2.24) is 29.9 Å². The van der Waals surface area contributed by atoms with Gasteiger partial charge in [0.15, 0.2) is 34.9 Å². The molecule has 0 N–H and O–H groups in total. The van der Waals surface area contributed by atoms with Crippen molar-refractivity contribution in [2.75, 3.05) is 0 Å². The van der Waals surface area contributed by atoms with Gasteiger partial charge < -0.3 is 0 Å². The van der Waals surface area contributed by atoms with E-state index in [2.05, 4.69) is 146 Å². The minimum Gasteiger partial charge on any atom is -0.208 e. The summed E-state index contributed by atoms with van der Waals surface area (Å²) in [6, 6.07) is 78.2. The van der Waals surface area contributed by atoms with Gasteiger partial charge in [-0.3, -0.25) is 0 Å². The van der Waals surface area contributed by atoms with Gasteiger partial charge in [0.1, 0.15) is 0 Å². The number of rotatable bonds is 6. The summed E-state index contributed by atoms with van der Waals surface area (Å²) in [4.78, 5) is 31.3. The topological polar surface area (TPSA) is 77.3 Å². The lowest BCUT2D eigenvalue weighted by Crippen LogP contribution is -2.47. The van der Waals surface area contributed by atoms with E-state index in [-0.39, 0.29) is 0 Å². The molecule has 328 valence electrons. The third-order valence-corrected chi connectivity index (χ3v) is 16.6. The molecule has 0 aliphatic heterocycles. The van der Waals surface area contributed by atoms with E-state index in [0.29, 0.717) is 34.9 Å². The summed E-state index contributed by atoms with van der Waals surface area (Å²) in [6.45, 7) is 0. The summed E-state index contributed by atoms with van der Waals surface area (Å²) in [5.41, 5.74) is 12.3. The Labute approximate surface area is 411 Å². The fourth-order valence-corrected chi connectivity index (χ4v) is 14.0. The summed E-state index contributed by atoms with van der Waals surface area (Å²) >= 11 is 1.90. The zero-order chi connectivity index (χ0) is 46.4. The largest absolute Gasteiger partial charge is 0.208 e. The molecule has 3 heterocycles. The van der Waals surface area contributed by atoms with Crippen LogP contribution < -0.4 is 0 Å². The van der Waals surface area contributed by atoms with Gasteiger partial charge in [0, 0.05) is 53.6 Å². The van der Waals surface area contributed by atoms with Crippen molar-refractivity contribution in [2.45, 2.75) is 10.8 Å². The molecule has 16 rings (SSSR count). The normalized spacial score (nSPS) is 16.8. The molecule has 0 bridgehead atoms. The molecular weight excluding hydrogens is 885 g/mol. The number of nitrogens with zero attached hydrogens (tertiary/aromatic N) is 6. The molecule has 71 heavy (non-hydrogen) atoms. The molecule has 3 aliphatic carbocycles. The summed E-state index contributed by atoms with van der Waals surface area (Å²) in [5, 5.41) is 7.45. The fraction of sp³-hybridized carbons (Fsp3) is 0.0312. The van der Waals surface area contributed by atoms with Crippen LogP contribution in [0, 0.1) is 0 Å². The number of benzene rings is 10. The maximum atomic E-state index is 5.30. The van der Waals surface area contributed by atoms with Gasteiger partial charge in [0.25, 0.3) is 0 Å². The van der Waals surface area contributed by atoms with E-state index in [1.807, 2.05) is 84.1 Å². The van der Waals surface area contributed by atoms with Crippen molar-refractivity contribution in [2.24, 2.45) is 0 Å². The molecule has 0 unspecified atom stereocenters. The molecule has 0 atom stereocenters. The van der Waals surface area contributed by atoms with Crippen LogP contribution in [0.1, 0.15) is 33.4 Å². The molecule has 0 spiro atoms. The van der Waals surface area contributed by atoms with Crippen molar-refractivity contribution >= 4 is 53.1 Å². The maximum Gasteiger partial charge on any atom is 0.164 e. The Bertz CT molecular complexity index is 3980. The van der Waals surface area contributed by atoms with Crippen LogP contribution in [0.4, 0.5) is 0 Å². The van der Waals surface area contributed by atoms with Gasteiger partial charge in [-0.05, 0) is 67.1 Å². The van der Waals surface area contributed by atoms with Crippen LogP contribution >= 0.6 is 11.3 Å². The number of hydrogen-bond donors (Lipinski definition) is 0. The second kappa shape index (κ2) is 14.3. The van der Waals surface area contributed by atoms with Crippen molar-refractivity contribution in [3.05, 3.63) is 252 Å². The van der Waals surface area contributed by atoms with E-state index in [1.165, 1.54) is 64.3 Å². The van der Waals surface area contributed by atoms with Crippen LogP contribution in [0.3, 0.4) is 0 Å². The van der Waals surface area contributed by atoms with Gasteiger partial charge in [-0.2, -0.15) is 0 Å². The lowest BCUT2D eigenvalue weighted by atomic mass is 9.51. The molecule has 0 amide bonds. The van der Waals surface area contributed by atoms with Gasteiger partial charge in [0.2, 0.25) is 0 Å². The van der Waals surface area contributed by atoms with Crippen molar-refractivity contribution in [3.8, 4) is 68.3 Å². The van der Waals surface area contributed by atoms with Gasteiger partial charge in [-0.1, -0.05) is 206 Å². The minimum absolute atomic E-state index is 0.636. The van der Waals surface area contributed by atoms with Gasteiger partial charge in [-0.25, -0.2) is 29.9 Å². The molecule has 7 heteroatoms. The minimum atomic E-state index is -0.636. The zero-order valence-electron chi connectivity index (χ0n) is 37.9. The third kappa shape index (κ3) is 5.00. The van der Waals surface area contributed by atoms with Crippen molar-refractivity contribution in [3.63, 3.8) is 0 Å². The van der Waals surface area contributed by atoms with Gasteiger partial charge in [0.05, 0.1) is 10.8 Å². The standard InChI is InChI=1S/C64H36N6S/c1-5-17-37(18-6-1)57-65-58(38-19-7-2-8-20-38)68-61(67-57)43-33-35-49-53-41(43)25-13-27-45(53)63-46-28-14-26-42-44(62-69-59(39-21-9-3-10-22-39)66-60(70-62)40-23-11-4-12-24-40)34-36-50(54(42)46)64(49,63)48-30-16-32-52-56(48)55-47(63)29-15-31-51(55)71-52/h1-36H. The molecule has 6 nitrogen and oxygen atoms in total. The Morgan fingerprint density at radius 3 is 0.887 bits per heavy atom. The van der Waals surface area contributed by atoms with Crippen LogP contribution in [0.25, 0.3) is 110 Å². The highest BCUT2D eigenvalue weighted by Gasteiger charge is 2.68. The monoisotopic (exact) mass is 920 g/mol. The lowest BCUT2D eigenvalue weighted by molar-refractivity contribution is 0.469. The Morgan fingerprint density at radius 2 is 0.535 bits per heavy atom. The molecule has 0 saturated carbocycles. The van der Waals surface area contributed by atoms with Crippen molar-refractivity contribution in [1.29, 1.82) is 0 Å². The molecule has 3 aliphatic rings. The number of aromatic nitrogens is 6. The fourth-order valence-electron chi connectivity index (χ4n) is 12.9. The van der Waals surface area contributed by atoms with Gasteiger partial charge in [-0.15, -0.1) is 11.3 Å². The lowest BCUT2D eigenvalue weighted by Gasteiger charge is -2.48. The van der Waals surface area contributed by atoms with Crippen molar-refractivity contribution < 1.29 is 0 Å². The Hall–Kier alpha value is -9.04. The Morgan fingerprint density at radius 1 is 0.239 bits per heavy atom. The Kier molecular flexibility index (Phi) is 7.81. The first-order valence-corrected chi connectivity index (χ1v) is 24.8. The molecule has 13 aromatic rings. The second-order valence-electron chi connectivity index (χ2n) is 18.8. The number of hydrogen-bond acceptors (Lipinski definition) is 7. The number of thiophene rings is 1. The van der Waals surface area contributed by atoms with Crippen LogP contribution in [-0.4, -0.2) is 29.9 Å². The first-order valence-electron chi connectivity index (χ1n) is 24.0. The van der Waals surface area contributed by atoms with E-state index >= 15 is 0 Å². The molecule has 0 saturated heterocycles. The zero-order valence-corrected chi connectivity index (χ0v) is 38.7. The molecule has 3 aromatic heterocycles. The van der Waals surface area contributed by atoms with Crippen LogP contribution in [0.15, 0.2) is 218 Å². The van der Waals surface area contributed by atoms with Crippen LogP contribution in [0.5, 0.6) is 0 Å². The molecule has 0 fully saturated rings. The molecule has 10 aromatic carbocycles. The predicted octanol–water partition coefficient (Wildman–Crippen LogP) is 15.0. The second-order valence-corrected chi connectivity index (χ2v) is 19.9. The SMILES string of the molecule is c1ccc(-c2nc(-c3ccccc3)nc(-c3ccc4c5c(cccc35)C35c6cccc7c(-c8nc(-c9ccccc9)nc(-c9ccccc9)n8)ccc(c67)C43c3cccc4sc6cccc5c6c34)n2)cc1. The summed E-state index contributed by atoms with van der Waals surface area (Å²) in [7, 11) is 0. The third-order valence-electron chi connectivity index (χ3n) is 15.5. The molecule has 0 radical (unpaired) electrons. The van der Waals surface area contributed by atoms with E-state index in [0.717, 1.165) is 44.2 Å². The maximum absolute atomic E-state index is 5.30. The summed E-state index contributed by atoms with van der Waals surface area (Å²) < 4.78 is 2.61. The van der Waals surface area contributed by atoms with E-state index < -0.39 is 10.8 Å². The Balaban J connectivity index is 1.01. The highest BCUT2D eigenvalue weighted by molar-refractivity contribution is 7.26. The van der Waals surface area contributed by atoms with Crippen LogP contribution in [-0.2, 0) is 10.8 Å².